The molecule has 1 N–H and O–H groups in total. The van der Waals surface area contributed by atoms with E-state index in [1.807, 2.05) is 6.92 Å². The highest BCUT2D eigenvalue weighted by atomic mass is 16.5. The lowest BCUT2D eigenvalue weighted by Gasteiger charge is -2.23. The SMILES string of the molecule is CCCC(C)OC(=O)[C@H]1CCCCN1. The summed E-state index contributed by atoms with van der Waals surface area (Å²) in [5.41, 5.74) is 0. The van der Waals surface area contributed by atoms with Crippen molar-refractivity contribution in [2.75, 3.05) is 6.54 Å². The first kappa shape index (κ1) is 11.5. The van der Waals surface area contributed by atoms with Crippen molar-refractivity contribution in [1.29, 1.82) is 0 Å². The molecule has 0 aromatic rings. The molecule has 0 bridgehead atoms. The standard InChI is InChI=1S/C11H21NO2/c1-3-6-9(2)14-11(13)10-7-4-5-8-12-10/h9-10,12H,3-8H2,1-2H3/t9?,10-/m1/s1. The van der Waals surface area contributed by atoms with Crippen molar-refractivity contribution >= 4 is 5.97 Å². The van der Waals surface area contributed by atoms with E-state index in [9.17, 15) is 4.79 Å². The van der Waals surface area contributed by atoms with E-state index in [0.29, 0.717) is 0 Å². The van der Waals surface area contributed by atoms with Gasteiger partial charge in [0.2, 0.25) is 0 Å². The fraction of sp³-hybridized carbons (Fsp3) is 0.909. The summed E-state index contributed by atoms with van der Waals surface area (Å²) in [6, 6.07) is -0.0527. The first-order chi connectivity index (χ1) is 6.74. The summed E-state index contributed by atoms with van der Waals surface area (Å²) in [7, 11) is 0. The lowest BCUT2D eigenvalue weighted by atomic mass is 10.1. The van der Waals surface area contributed by atoms with Crippen molar-refractivity contribution in [3.8, 4) is 0 Å². The van der Waals surface area contributed by atoms with Crippen molar-refractivity contribution in [3.05, 3.63) is 0 Å². The van der Waals surface area contributed by atoms with Crippen molar-refractivity contribution in [2.24, 2.45) is 0 Å². The molecule has 14 heavy (non-hydrogen) atoms. The van der Waals surface area contributed by atoms with Crippen LogP contribution in [0.4, 0.5) is 0 Å². The summed E-state index contributed by atoms with van der Waals surface area (Å²) in [6.45, 7) is 5.01. The second-order valence-corrected chi connectivity index (χ2v) is 4.04. The third-order valence-corrected chi connectivity index (χ3v) is 2.61. The van der Waals surface area contributed by atoms with Crippen molar-refractivity contribution in [2.45, 2.75) is 58.1 Å². The molecular formula is C11H21NO2. The highest BCUT2D eigenvalue weighted by molar-refractivity contribution is 5.76. The summed E-state index contributed by atoms with van der Waals surface area (Å²) in [6.07, 6.45) is 5.32. The van der Waals surface area contributed by atoms with E-state index in [2.05, 4.69) is 12.2 Å². The predicted octanol–water partition coefficient (Wildman–Crippen LogP) is 1.86. The zero-order valence-corrected chi connectivity index (χ0v) is 9.21. The second kappa shape index (κ2) is 6.02. The minimum atomic E-state index is -0.0642. The summed E-state index contributed by atoms with van der Waals surface area (Å²) in [4.78, 5) is 11.6. The Bertz CT molecular complexity index is 176. The second-order valence-electron chi connectivity index (χ2n) is 4.04. The molecule has 1 saturated heterocycles. The van der Waals surface area contributed by atoms with Crippen LogP contribution in [-0.4, -0.2) is 24.7 Å². The Balaban J connectivity index is 2.25. The van der Waals surface area contributed by atoms with E-state index in [4.69, 9.17) is 4.74 Å². The van der Waals surface area contributed by atoms with E-state index >= 15 is 0 Å². The lowest BCUT2D eigenvalue weighted by molar-refractivity contribution is -0.151. The minimum Gasteiger partial charge on any atom is -0.462 e. The quantitative estimate of drug-likeness (QED) is 0.702. The van der Waals surface area contributed by atoms with Crippen LogP contribution < -0.4 is 5.32 Å². The van der Waals surface area contributed by atoms with E-state index in [0.717, 1.165) is 32.2 Å². The summed E-state index contributed by atoms with van der Waals surface area (Å²) >= 11 is 0. The number of carbonyl (C=O) groups excluding carboxylic acids is 1. The molecule has 0 aromatic carbocycles. The fourth-order valence-corrected chi connectivity index (χ4v) is 1.80. The van der Waals surface area contributed by atoms with Gasteiger partial charge in [0.25, 0.3) is 0 Å². The topological polar surface area (TPSA) is 38.3 Å². The van der Waals surface area contributed by atoms with E-state index in [1.165, 1.54) is 6.42 Å². The van der Waals surface area contributed by atoms with Gasteiger partial charge >= 0.3 is 5.97 Å². The van der Waals surface area contributed by atoms with Crippen LogP contribution in [0.5, 0.6) is 0 Å². The molecule has 3 nitrogen and oxygen atoms in total. The van der Waals surface area contributed by atoms with Gasteiger partial charge in [-0.3, -0.25) is 4.79 Å². The van der Waals surface area contributed by atoms with Crippen LogP contribution in [0.3, 0.4) is 0 Å². The van der Waals surface area contributed by atoms with E-state index < -0.39 is 0 Å². The summed E-state index contributed by atoms with van der Waals surface area (Å²) < 4.78 is 5.33. The molecule has 1 heterocycles. The lowest BCUT2D eigenvalue weighted by Crippen LogP contribution is -2.42. The molecule has 0 saturated carbocycles. The molecule has 0 aromatic heterocycles. The van der Waals surface area contributed by atoms with Crippen molar-refractivity contribution < 1.29 is 9.53 Å². The normalized spacial score (nSPS) is 24.3. The monoisotopic (exact) mass is 199 g/mol. The number of esters is 1. The maximum atomic E-state index is 11.6. The highest BCUT2D eigenvalue weighted by Gasteiger charge is 2.23. The van der Waals surface area contributed by atoms with Gasteiger partial charge in [-0.2, -0.15) is 0 Å². The first-order valence-corrected chi connectivity index (χ1v) is 5.68. The van der Waals surface area contributed by atoms with Gasteiger partial charge < -0.3 is 10.1 Å². The van der Waals surface area contributed by atoms with E-state index in [-0.39, 0.29) is 18.1 Å². The van der Waals surface area contributed by atoms with Crippen LogP contribution in [0, 0.1) is 0 Å². The van der Waals surface area contributed by atoms with Gasteiger partial charge in [0.05, 0.1) is 6.10 Å². The molecule has 1 rings (SSSR count). The molecule has 1 aliphatic heterocycles. The molecule has 0 amide bonds. The van der Waals surface area contributed by atoms with Gasteiger partial charge in [-0.1, -0.05) is 19.8 Å². The van der Waals surface area contributed by atoms with Gasteiger partial charge in [0, 0.05) is 0 Å². The smallest absolute Gasteiger partial charge is 0.323 e. The van der Waals surface area contributed by atoms with Crippen LogP contribution >= 0.6 is 0 Å². The van der Waals surface area contributed by atoms with Gasteiger partial charge in [-0.25, -0.2) is 0 Å². The van der Waals surface area contributed by atoms with E-state index in [1.54, 1.807) is 0 Å². The number of piperidine rings is 1. The number of carbonyl (C=O) groups is 1. The molecule has 3 heteroatoms. The predicted molar refractivity (Wildman–Crippen MR) is 56.1 cm³/mol. The molecular weight excluding hydrogens is 178 g/mol. The van der Waals surface area contributed by atoms with Gasteiger partial charge in [0.1, 0.15) is 6.04 Å². The average Bonchev–Trinajstić information content (AvgIpc) is 2.19. The largest absolute Gasteiger partial charge is 0.462 e. The maximum Gasteiger partial charge on any atom is 0.323 e. The Hall–Kier alpha value is -0.570. The zero-order chi connectivity index (χ0) is 10.4. The average molecular weight is 199 g/mol. The zero-order valence-electron chi connectivity index (χ0n) is 9.21. The Morgan fingerprint density at radius 3 is 2.93 bits per heavy atom. The molecule has 1 unspecified atom stereocenters. The number of hydrogen-bond acceptors (Lipinski definition) is 3. The number of ether oxygens (including phenoxy) is 1. The number of hydrogen-bond donors (Lipinski definition) is 1. The van der Waals surface area contributed by atoms with Gasteiger partial charge in [-0.05, 0) is 32.7 Å². The Kier molecular flexibility index (Phi) is 4.94. The molecule has 1 fully saturated rings. The summed E-state index contributed by atoms with van der Waals surface area (Å²) in [5, 5.41) is 3.19. The third-order valence-electron chi connectivity index (χ3n) is 2.61. The number of nitrogens with one attached hydrogen (secondary N) is 1. The molecule has 0 spiro atoms. The van der Waals surface area contributed by atoms with Crippen LogP contribution in [0.1, 0.15) is 46.0 Å². The van der Waals surface area contributed by atoms with Gasteiger partial charge in [-0.15, -0.1) is 0 Å². The van der Waals surface area contributed by atoms with Crippen LogP contribution in [0.2, 0.25) is 0 Å². The van der Waals surface area contributed by atoms with Crippen LogP contribution in [-0.2, 0) is 9.53 Å². The van der Waals surface area contributed by atoms with Gasteiger partial charge in [0.15, 0.2) is 0 Å². The van der Waals surface area contributed by atoms with Crippen molar-refractivity contribution in [3.63, 3.8) is 0 Å². The highest BCUT2D eigenvalue weighted by Crippen LogP contribution is 2.10. The van der Waals surface area contributed by atoms with Crippen LogP contribution in [0.15, 0.2) is 0 Å². The molecule has 1 aliphatic rings. The Morgan fingerprint density at radius 2 is 2.36 bits per heavy atom. The minimum absolute atomic E-state index is 0.0527. The maximum absolute atomic E-state index is 11.6. The van der Waals surface area contributed by atoms with Crippen molar-refractivity contribution in [1.82, 2.24) is 5.32 Å². The Morgan fingerprint density at radius 1 is 1.57 bits per heavy atom. The third kappa shape index (κ3) is 3.66. The van der Waals surface area contributed by atoms with Crippen LogP contribution in [0.25, 0.3) is 0 Å². The Labute approximate surface area is 86.2 Å². The first-order valence-electron chi connectivity index (χ1n) is 5.68. The fourth-order valence-electron chi connectivity index (χ4n) is 1.80. The molecule has 82 valence electrons. The molecule has 0 radical (unpaired) electrons. The molecule has 0 aliphatic carbocycles. The number of rotatable bonds is 4. The molecule has 2 atom stereocenters. The summed E-state index contributed by atoms with van der Waals surface area (Å²) in [5.74, 6) is -0.0642.